The summed E-state index contributed by atoms with van der Waals surface area (Å²) in [5.74, 6) is 0.991. The highest BCUT2D eigenvalue weighted by Crippen LogP contribution is 2.45. The van der Waals surface area contributed by atoms with Gasteiger partial charge in [0.05, 0.1) is 18.9 Å². The highest BCUT2D eigenvalue weighted by Gasteiger charge is 2.44. The lowest BCUT2D eigenvalue weighted by molar-refractivity contribution is 0.0792. The summed E-state index contributed by atoms with van der Waals surface area (Å²) in [6.07, 6.45) is 8.17. The number of allylic oxidation sites excluding steroid dienone is 1. The molecule has 0 saturated carbocycles. The lowest BCUT2D eigenvalue weighted by Crippen LogP contribution is -2.51. The Morgan fingerprint density at radius 1 is 1.42 bits per heavy atom. The van der Waals surface area contributed by atoms with Crippen molar-refractivity contribution in [1.82, 2.24) is 4.90 Å². The lowest BCUT2D eigenvalue weighted by atomic mass is 9.70. The molecule has 0 N–H and O–H groups in total. The monoisotopic (exact) mass is 379 g/mol. The minimum Gasteiger partial charge on any atom is -0.547 e. The summed E-state index contributed by atoms with van der Waals surface area (Å²) < 4.78 is 11.6. The summed E-state index contributed by atoms with van der Waals surface area (Å²) >= 11 is 0. The van der Waals surface area contributed by atoms with Crippen LogP contribution in [0.25, 0.3) is 0 Å². The van der Waals surface area contributed by atoms with E-state index in [1.807, 2.05) is 6.08 Å². The molecule has 26 heavy (non-hydrogen) atoms. The van der Waals surface area contributed by atoms with Crippen LogP contribution in [0.4, 0.5) is 4.79 Å². The average molecular weight is 380 g/mol. The Morgan fingerprint density at radius 2 is 2.04 bits per heavy atom. The molecule has 0 radical (unpaired) electrons. The summed E-state index contributed by atoms with van der Waals surface area (Å²) in [4.78, 5) is 14.2. The Labute approximate surface area is 161 Å². The van der Waals surface area contributed by atoms with E-state index < -0.39 is 8.32 Å². The number of ether oxygens (including phenoxy) is 1. The van der Waals surface area contributed by atoms with Crippen LogP contribution in [0.5, 0.6) is 0 Å². The third-order valence-corrected chi connectivity index (χ3v) is 10.5. The van der Waals surface area contributed by atoms with E-state index in [1.54, 1.807) is 11.0 Å². The average Bonchev–Trinajstić information content (AvgIpc) is 2.58. The summed E-state index contributed by atoms with van der Waals surface area (Å²) in [5, 5.41) is 0.129. The number of methoxy groups -OCH3 is 1. The van der Waals surface area contributed by atoms with E-state index in [9.17, 15) is 4.79 Å². The topological polar surface area (TPSA) is 38.8 Å². The smallest absolute Gasteiger partial charge is 0.410 e. The molecule has 4 nitrogen and oxygen atoms in total. The van der Waals surface area contributed by atoms with Gasteiger partial charge in [0.1, 0.15) is 0 Å². The third-order valence-electron chi connectivity index (χ3n) is 6.10. The van der Waals surface area contributed by atoms with Crippen molar-refractivity contribution in [3.05, 3.63) is 37.1 Å². The molecule has 0 aromatic rings. The fourth-order valence-electron chi connectivity index (χ4n) is 3.21. The van der Waals surface area contributed by atoms with Gasteiger partial charge in [0.25, 0.3) is 0 Å². The molecule has 148 valence electrons. The molecular weight excluding hydrogens is 342 g/mol. The minimum absolute atomic E-state index is 0.129. The fraction of sp³-hybridized carbons (Fsp3) is 0.667. The van der Waals surface area contributed by atoms with E-state index in [0.29, 0.717) is 6.54 Å². The number of nitrogens with zero attached hydrogens (tertiary/aromatic N) is 1. The normalized spacial score (nSPS) is 23.7. The number of amides is 1. The summed E-state index contributed by atoms with van der Waals surface area (Å²) in [7, 11) is -0.510. The van der Waals surface area contributed by atoms with Gasteiger partial charge in [0, 0.05) is 18.4 Å². The maximum atomic E-state index is 12.4. The van der Waals surface area contributed by atoms with Gasteiger partial charge in [0.2, 0.25) is 8.32 Å². The highest BCUT2D eigenvalue weighted by atomic mass is 28.4. The molecule has 0 unspecified atom stereocenters. The SMILES string of the molecule is C=CCN(C(=O)OC)[C@@H]1C=C(O[Si](C)(C)C(C)(C)C)CC[C@@]1(C=C)CC. The van der Waals surface area contributed by atoms with E-state index in [4.69, 9.17) is 9.16 Å². The van der Waals surface area contributed by atoms with Crippen molar-refractivity contribution in [3.63, 3.8) is 0 Å². The van der Waals surface area contributed by atoms with E-state index in [1.165, 1.54) is 7.11 Å². The van der Waals surface area contributed by atoms with Gasteiger partial charge in [-0.25, -0.2) is 4.79 Å². The Hall–Kier alpha value is -1.49. The minimum atomic E-state index is -1.93. The number of hydrogen-bond donors (Lipinski definition) is 0. The molecular formula is C21H37NO3Si. The summed E-state index contributed by atoms with van der Waals surface area (Å²) in [6, 6.07) is -0.149. The Morgan fingerprint density at radius 3 is 2.46 bits per heavy atom. The largest absolute Gasteiger partial charge is 0.547 e. The molecule has 0 saturated heterocycles. The molecule has 0 aromatic heterocycles. The van der Waals surface area contributed by atoms with E-state index in [0.717, 1.165) is 25.0 Å². The molecule has 1 amide bonds. The molecule has 2 atom stereocenters. The van der Waals surface area contributed by atoms with Crippen LogP contribution in [0.1, 0.15) is 47.0 Å². The van der Waals surface area contributed by atoms with Gasteiger partial charge in [-0.3, -0.25) is 4.90 Å². The zero-order chi connectivity index (χ0) is 20.2. The second-order valence-electron chi connectivity index (χ2n) is 8.64. The van der Waals surface area contributed by atoms with Crippen LogP contribution in [0.2, 0.25) is 18.1 Å². The standard InChI is InChI=1S/C21H37NO3Si/c1-10-15-22(19(23)24-7)18-16-17(13-14-21(18,11-2)12-3)25-26(8,9)20(4,5)6/h10-11,16,18H,1-2,12-15H2,3-9H3/t18-,21-/m1/s1. The Bertz CT molecular complexity index is 562. The molecule has 5 heteroatoms. The first-order valence-corrected chi connectivity index (χ1v) is 12.4. The van der Waals surface area contributed by atoms with Crippen molar-refractivity contribution in [3.8, 4) is 0 Å². The van der Waals surface area contributed by atoms with Crippen molar-refractivity contribution in [2.45, 2.75) is 71.1 Å². The zero-order valence-electron chi connectivity index (χ0n) is 17.7. The van der Waals surface area contributed by atoms with E-state index >= 15 is 0 Å². The first kappa shape index (κ1) is 22.5. The van der Waals surface area contributed by atoms with E-state index in [-0.39, 0.29) is 22.6 Å². The number of carbonyl (C=O) groups excluding carboxylic acids is 1. The van der Waals surface area contributed by atoms with Crippen LogP contribution in [0, 0.1) is 5.41 Å². The number of carbonyl (C=O) groups is 1. The number of rotatable bonds is 7. The molecule has 0 aliphatic heterocycles. The first-order chi connectivity index (χ1) is 12.0. The molecule has 1 rings (SSSR count). The third kappa shape index (κ3) is 4.61. The van der Waals surface area contributed by atoms with Crippen LogP contribution in [0.15, 0.2) is 37.1 Å². The van der Waals surface area contributed by atoms with Crippen molar-refractivity contribution in [2.24, 2.45) is 5.41 Å². The van der Waals surface area contributed by atoms with Gasteiger partial charge in [-0.15, -0.1) is 13.2 Å². The molecule has 1 aliphatic carbocycles. The van der Waals surface area contributed by atoms with Crippen molar-refractivity contribution < 1.29 is 14.0 Å². The molecule has 1 aliphatic rings. The van der Waals surface area contributed by atoms with Crippen LogP contribution in [-0.2, 0) is 9.16 Å². The number of hydrogen-bond acceptors (Lipinski definition) is 3. The maximum absolute atomic E-state index is 12.4. The van der Waals surface area contributed by atoms with Crippen molar-refractivity contribution in [2.75, 3.05) is 13.7 Å². The Kier molecular flexibility index (Phi) is 7.34. The van der Waals surface area contributed by atoms with Crippen LogP contribution in [0.3, 0.4) is 0 Å². The maximum Gasteiger partial charge on any atom is 0.410 e. The molecule has 0 spiro atoms. The van der Waals surface area contributed by atoms with Gasteiger partial charge in [0.15, 0.2) is 0 Å². The summed E-state index contributed by atoms with van der Waals surface area (Å²) in [6.45, 7) is 21.7. The van der Waals surface area contributed by atoms with Crippen molar-refractivity contribution >= 4 is 14.4 Å². The van der Waals surface area contributed by atoms with Crippen LogP contribution in [-0.4, -0.2) is 39.0 Å². The first-order valence-electron chi connectivity index (χ1n) is 9.46. The molecule has 0 aromatic carbocycles. The van der Waals surface area contributed by atoms with Gasteiger partial charge >= 0.3 is 6.09 Å². The zero-order valence-corrected chi connectivity index (χ0v) is 18.7. The highest BCUT2D eigenvalue weighted by molar-refractivity contribution is 6.74. The molecule has 0 bridgehead atoms. The Balaban J connectivity index is 3.33. The van der Waals surface area contributed by atoms with Crippen LogP contribution < -0.4 is 0 Å². The fourth-order valence-corrected chi connectivity index (χ4v) is 4.34. The predicted octanol–water partition coefficient (Wildman–Crippen LogP) is 5.89. The van der Waals surface area contributed by atoms with Gasteiger partial charge in [-0.1, -0.05) is 39.8 Å². The van der Waals surface area contributed by atoms with Crippen LogP contribution >= 0.6 is 0 Å². The second-order valence-corrected chi connectivity index (χ2v) is 13.4. The van der Waals surface area contributed by atoms with E-state index in [2.05, 4.69) is 60.0 Å². The predicted molar refractivity (Wildman–Crippen MR) is 112 cm³/mol. The summed E-state index contributed by atoms with van der Waals surface area (Å²) in [5.41, 5.74) is -0.183. The molecule has 0 heterocycles. The van der Waals surface area contributed by atoms with Gasteiger partial charge in [-0.2, -0.15) is 0 Å². The van der Waals surface area contributed by atoms with Crippen molar-refractivity contribution in [1.29, 1.82) is 0 Å². The molecule has 0 fully saturated rings. The van der Waals surface area contributed by atoms with Gasteiger partial charge < -0.3 is 9.16 Å². The quantitative estimate of drug-likeness (QED) is 0.409. The lowest BCUT2D eigenvalue weighted by Gasteiger charge is -2.46. The van der Waals surface area contributed by atoms with Gasteiger partial charge in [-0.05, 0) is 37.0 Å². The second kappa shape index (κ2) is 8.46.